The van der Waals surface area contributed by atoms with Gasteiger partial charge in [0.1, 0.15) is 34.6 Å². The molecule has 2 aromatic carbocycles. The highest BCUT2D eigenvalue weighted by atomic mass is 35.5. The average Bonchev–Trinajstić information content (AvgIpc) is 4.06. The van der Waals surface area contributed by atoms with E-state index < -0.39 is 35.7 Å². The summed E-state index contributed by atoms with van der Waals surface area (Å²) in [5, 5.41) is 6.00. The van der Waals surface area contributed by atoms with Crippen LogP contribution in [0.4, 0.5) is 9.59 Å². The van der Waals surface area contributed by atoms with E-state index in [1.165, 1.54) is 14.2 Å². The van der Waals surface area contributed by atoms with E-state index in [0.29, 0.717) is 42.0 Å². The number of aromatic nitrogens is 4. The van der Waals surface area contributed by atoms with Crippen molar-refractivity contribution in [3.8, 4) is 33.6 Å². The number of halogens is 1. The van der Waals surface area contributed by atoms with Gasteiger partial charge >= 0.3 is 12.2 Å². The average molecular weight is 863 g/mol. The monoisotopic (exact) mass is 862 g/mol. The largest absolute Gasteiger partial charge is 0.453 e. The minimum Gasteiger partial charge on any atom is -0.453 e. The van der Waals surface area contributed by atoms with E-state index in [0.717, 1.165) is 34.4 Å². The van der Waals surface area contributed by atoms with Crippen molar-refractivity contribution in [2.45, 2.75) is 83.0 Å². The lowest BCUT2D eigenvalue weighted by atomic mass is 9.85. The number of carbonyl (C=O) groups is 4. The zero-order valence-electron chi connectivity index (χ0n) is 35.5. The predicted octanol–water partition coefficient (Wildman–Crippen LogP) is 7.23. The van der Waals surface area contributed by atoms with Gasteiger partial charge < -0.3 is 44.6 Å². The van der Waals surface area contributed by atoms with Crippen LogP contribution in [0.3, 0.4) is 0 Å². The zero-order chi connectivity index (χ0) is 43.5. The Morgan fingerprint density at radius 3 is 1.93 bits per heavy atom. The van der Waals surface area contributed by atoms with E-state index in [1.54, 1.807) is 30.0 Å². The van der Waals surface area contributed by atoms with E-state index in [2.05, 4.69) is 20.6 Å². The van der Waals surface area contributed by atoms with Gasteiger partial charge in [-0.05, 0) is 40.7 Å². The number of nitrogens with one attached hydrogen (secondary N) is 4. The van der Waals surface area contributed by atoms with Gasteiger partial charge in [0.2, 0.25) is 11.8 Å². The molecule has 2 fully saturated rings. The summed E-state index contributed by atoms with van der Waals surface area (Å²) < 4.78 is 15.3. The Morgan fingerprint density at radius 2 is 1.37 bits per heavy atom. The first-order chi connectivity index (χ1) is 28.6. The lowest BCUT2D eigenvalue weighted by molar-refractivity contribution is -0.137. The van der Waals surface area contributed by atoms with Crippen molar-refractivity contribution in [3.63, 3.8) is 0 Å². The molecule has 60 heavy (non-hydrogen) atoms. The van der Waals surface area contributed by atoms with Crippen LogP contribution in [-0.4, -0.2) is 118 Å². The van der Waals surface area contributed by atoms with E-state index in [9.17, 15) is 19.2 Å². The number of H-pyrrole nitrogens is 2. The van der Waals surface area contributed by atoms with Crippen molar-refractivity contribution in [3.05, 3.63) is 71.5 Å². The Kier molecular flexibility index (Phi) is 13.9. The van der Waals surface area contributed by atoms with Crippen LogP contribution in [0.25, 0.3) is 33.6 Å². The third kappa shape index (κ3) is 9.60. The van der Waals surface area contributed by atoms with Gasteiger partial charge in [0, 0.05) is 37.4 Å². The van der Waals surface area contributed by atoms with Gasteiger partial charge in [0.25, 0.3) is 0 Å². The molecule has 15 nitrogen and oxygen atoms in total. The van der Waals surface area contributed by atoms with E-state index >= 15 is 0 Å². The Labute approximate surface area is 360 Å². The number of methoxy groups -OCH3 is 3. The molecule has 322 valence electrons. The van der Waals surface area contributed by atoms with Crippen LogP contribution in [0.15, 0.2) is 54.7 Å². The van der Waals surface area contributed by atoms with Crippen molar-refractivity contribution in [1.82, 2.24) is 40.4 Å². The minimum atomic E-state index is -0.794. The van der Waals surface area contributed by atoms with Crippen LogP contribution in [0, 0.1) is 11.3 Å². The van der Waals surface area contributed by atoms with Crippen LogP contribution < -0.4 is 10.6 Å². The number of hydrogen-bond donors (Lipinski definition) is 4. The highest BCUT2D eigenvalue weighted by Gasteiger charge is 2.44. The quantitative estimate of drug-likeness (QED) is 0.113. The molecule has 2 aliphatic heterocycles. The number of likely N-dealkylation sites (tertiary alicyclic amines) is 2. The number of thioether (sulfide) groups is 1. The van der Waals surface area contributed by atoms with Crippen molar-refractivity contribution in [1.29, 1.82) is 0 Å². The predicted molar refractivity (Wildman–Crippen MR) is 231 cm³/mol. The topological polar surface area (TPSA) is 184 Å². The number of carbonyl (C=O) groups excluding carboxylic acids is 4. The molecule has 0 aliphatic carbocycles. The summed E-state index contributed by atoms with van der Waals surface area (Å²) in [6.45, 7) is 10.4. The molecule has 0 spiro atoms. The molecule has 6 unspecified atom stereocenters. The van der Waals surface area contributed by atoms with Crippen molar-refractivity contribution < 1.29 is 33.4 Å². The molecule has 2 aromatic heterocycles. The highest BCUT2D eigenvalue weighted by Crippen LogP contribution is 2.39. The molecule has 4 amide bonds. The highest BCUT2D eigenvalue weighted by molar-refractivity contribution is 7.99. The van der Waals surface area contributed by atoms with Gasteiger partial charge in [-0.2, -0.15) is 11.8 Å². The standard InChI is InChI=1S/C43H55ClN8O7S/c1-23(2)33(48-41(55)58-7)39(53)51-21-28(57-6)18-31(51)38-47-34(36(44)50-38)27-16-12-25(13-17-27)24-10-14-26(15-11-24)30-20-45-37(46-30)32-19-29(60-9)22-52(32)40(54)35(43(3,4)5)49-42(56)59-8/h10-17,20,23,28-29,31-33,35H,18-19,21-22H2,1-9H3,(H,45,46)(H,47,50)(H,48,55)(H,49,56). The third-order valence-corrected chi connectivity index (χ3v) is 12.6. The van der Waals surface area contributed by atoms with Crippen LogP contribution in [-0.2, 0) is 23.8 Å². The molecule has 6 atom stereocenters. The summed E-state index contributed by atoms with van der Waals surface area (Å²) in [4.78, 5) is 71.9. The smallest absolute Gasteiger partial charge is 0.407 e. The van der Waals surface area contributed by atoms with Gasteiger partial charge in [-0.15, -0.1) is 0 Å². The first kappa shape index (κ1) is 44.5. The van der Waals surface area contributed by atoms with Crippen LogP contribution in [0.2, 0.25) is 5.15 Å². The van der Waals surface area contributed by atoms with E-state index in [1.807, 2.05) is 94.3 Å². The second kappa shape index (κ2) is 18.7. The fraction of sp³-hybridized carbons (Fsp3) is 0.488. The molecular weight excluding hydrogens is 808 g/mol. The lowest BCUT2D eigenvalue weighted by Gasteiger charge is -2.35. The molecule has 0 saturated carbocycles. The summed E-state index contributed by atoms with van der Waals surface area (Å²) in [5.41, 5.74) is 4.59. The number of benzene rings is 2. The van der Waals surface area contributed by atoms with Crippen LogP contribution >= 0.6 is 23.4 Å². The summed E-state index contributed by atoms with van der Waals surface area (Å²) in [6.07, 6.45) is 3.54. The number of hydrogen-bond acceptors (Lipinski definition) is 10. The molecular formula is C43H55ClN8O7S. The molecule has 0 radical (unpaired) electrons. The van der Waals surface area contributed by atoms with Crippen LogP contribution in [0.1, 0.15) is 71.2 Å². The van der Waals surface area contributed by atoms with E-state index in [-0.39, 0.29) is 35.1 Å². The number of amides is 4. The molecule has 0 bridgehead atoms. The Bertz CT molecular complexity index is 2150. The minimum absolute atomic E-state index is 0.170. The first-order valence-electron chi connectivity index (χ1n) is 19.9. The van der Waals surface area contributed by atoms with Crippen molar-refractivity contribution >= 4 is 47.4 Å². The zero-order valence-corrected chi connectivity index (χ0v) is 37.1. The van der Waals surface area contributed by atoms with Crippen LogP contribution in [0.5, 0.6) is 0 Å². The molecule has 4 heterocycles. The summed E-state index contributed by atoms with van der Waals surface area (Å²) in [7, 11) is 4.16. The van der Waals surface area contributed by atoms with E-state index in [4.69, 9.17) is 35.8 Å². The van der Waals surface area contributed by atoms with Gasteiger partial charge in [-0.1, -0.05) is 94.8 Å². The molecule has 17 heteroatoms. The summed E-state index contributed by atoms with van der Waals surface area (Å²) >= 11 is 8.46. The first-order valence-corrected chi connectivity index (χ1v) is 21.6. The summed E-state index contributed by atoms with van der Waals surface area (Å²) in [5.74, 6) is 0.619. The van der Waals surface area contributed by atoms with Crippen molar-refractivity contribution in [2.24, 2.45) is 11.3 Å². The Balaban J connectivity index is 1.17. The SMILES string of the molecule is COC(=O)NC(C(=O)N1CC(OC)CC1c1nc(-c2ccc(-c3ccc(-c4cnc(C5CC(SC)CN5C(=O)C(NC(=O)OC)C(C)(C)C)[nH]4)cc3)cc2)c(Cl)[nH]1)C(C)C. The second-order valence-electron chi connectivity index (χ2n) is 16.6. The van der Waals surface area contributed by atoms with Gasteiger partial charge in [0.15, 0.2) is 0 Å². The van der Waals surface area contributed by atoms with Gasteiger partial charge in [-0.25, -0.2) is 19.6 Å². The number of imidazole rings is 2. The number of aromatic amines is 2. The molecule has 2 saturated heterocycles. The maximum absolute atomic E-state index is 14.0. The maximum atomic E-state index is 14.0. The fourth-order valence-corrected chi connectivity index (χ4v) is 8.78. The Hall–Kier alpha value is -5.06. The number of rotatable bonds is 12. The number of ether oxygens (including phenoxy) is 3. The second-order valence-corrected chi connectivity index (χ2v) is 18.1. The van der Waals surface area contributed by atoms with Gasteiger partial charge in [-0.3, -0.25) is 9.59 Å². The normalized spacial score (nSPS) is 20.2. The lowest BCUT2D eigenvalue weighted by Crippen LogP contribution is -2.54. The van der Waals surface area contributed by atoms with Gasteiger partial charge in [0.05, 0.1) is 44.3 Å². The number of nitrogens with zero attached hydrogens (tertiary/aromatic N) is 4. The Morgan fingerprint density at radius 1 is 0.800 bits per heavy atom. The third-order valence-electron chi connectivity index (χ3n) is 11.3. The number of alkyl carbamates (subject to hydrolysis) is 2. The molecule has 4 N–H and O–H groups in total. The fourth-order valence-electron chi connectivity index (χ4n) is 7.85. The summed E-state index contributed by atoms with van der Waals surface area (Å²) in [6, 6.07) is 13.8. The maximum Gasteiger partial charge on any atom is 0.407 e. The van der Waals surface area contributed by atoms with Crippen molar-refractivity contribution in [2.75, 3.05) is 40.7 Å². The molecule has 2 aliphatic rings. The molecule has 6 rings (SSSR count). The molecule has 4 aromatic rings.